The molecule has 100 valence electrons. The van der Waals surface area contributed by atoms with Crippen molar-refractivity contribution in [3.05, 3.63) is 40.7 Å². The number of hydrogen-bond acceptors (Lipinski definition) is 4. The van der Waals surface area contributed by atoms with Crippen molar-refractivity contribution < 1.29 is 9.90 Å². The molecule has 0 aliphatic rings. The average molecular weight is 260 g/mol. The molecule has 0 amide bonds. The molecule has 19 heavy (non-hydrogen) atoms. The molecular formula is C13H16N4O2. The van der Waals surface area contributed by atoms with Gasteiger partial charge < -0.3 is 5.11 Å². The standard InChI is InChI=1S/C13H16N4O2/c1-9-3-4-10(2)11(7-9)5-6-12-14-16-17(15-12)8-13(18)19/h3-4,7H,5-6,8H2,1-2H3,(H,18,19). The second kappa shape index (κ2) is 5.60. The van der Waals surface area contributed by atoms with Crippen molar-refractivity contribution in [2.75, 3.05) is 0 Å². The van der Waals surface area contributed by atoms with Crippen LogP contribution >= 0.6 is 0 Å². The lowest BCUT2D eigenvalue weighted by atomic mass is 10.0. The first-order valence-electron chi connectivity index (χ1n) is 6.09. The highest BCUT2D eigenvalue weighted by atomic mass is 16.4. The fraction of sp³-hybridized carbons (Fsp3) is 0.385. The van der Waals surface area contributed by atoms with Gasteiger partial charge in [-0.3, -0.25) is 4.79 Å². The minimum atomic E-state index is -0.974. The summed E-state index contributed by atoms with van der Waals surface area (Å²) in [6.07, 6.45) is 1.48. The van der Waals surface area contributed by atoms with Gasteiger partial charge in [-0.2, -0.15) is 4.80 Å². The Labute approximate surface area is 111 Å². The number of tetrazole rings is 1. The van der Waals surface area contributed by atoms with Crippen LogP contribution in [0.5, 0.6) is 0 Å². The second-order valence-electron chi connectivity index (χ2n) is 4.56. The highest BCUT2D eigenvalue weighted by Gasteiger charge is 2.07. The summed E-state index contributed by atoms with van der Waals surface area (Å²) in [5.74, 6) is -0.402. The van der Waals surface area contributed by atoms with Crippen LogP contribution in [0.25, 0.3) is 0 Å². The molecule has 1 heterocycles. The van der Waals surface area contributed by atoms with Crippen molar-refractivity contribution in [3.63, 3.8) is 0 Å². The van der Waals surface area contributed by atoms with Crippen LogP contribution in [0, 0.1) is 13.8 Å². The summed E-state index contributed by atoms with van der Waals surface area (Å²) < 4.78 is 0. The van der Waals surface area contributed by atoms with Gasteiger partial charge in [0.25, 0.3) is 0 Å². The zero-order valence-corrected chi connectivity index (χ0v) is 11.0. The predicted molar refractivity (Wildman–Crippen MR) is 68.8 cm³/mol. The van der Waals surface area contributed by atoms with Gasteiger partial charge in [-0.25, -0.2) is 0 Å². The van der Waals surface area contributed by atoms with Crippen LogP contribution in [0.3, 0.4) is 0 Å². The Morgan fingerprint density at radius 2 is 2.11 bits per heavy atom. The molecule has 0 aliphatic heterocycles. The second-order valence-corrected chi connectivity index (χ2v) is 4.56. The summed E-state index contributed by atoms with van der Waals surface area (Å²) in [7, 11) is 0. The topological polar surface area (TPSA) is 80.9 Å². The lowest BCUT2D eigenvalue weighted by molar-refractivity contribution is -0.138. The Hall–Kier alpha value is -2.24. The number of aliphatic carboxylic acids is 1. The SMILES string of the molecule is Cc1ccc(C)c(CCc2nnn(CC(=O)O)n2)c1. The Kier molecular flexibility index (Phi) is 3.89. The maximum atomic E-state index is 10.5. The maximum absolute atomic E-state index is 10.5. The number of nitrogens with zero attached hydrogens (tertiary/aromatic N) is 4. The van der Waals surface area contributed by atoms with Crippen LogP contribution in [-0.2, 0) is 24.2 Å². The van der Waals surface area contributed by atoms with Crippen LogP contribution in [0.4, 0.5) is 0 Å². The number of aromatic nitrogens is 4. The summed E-state index contributed by atoms with van der Waals surface area (Å²) in [4.78, 5) is 11.6. The third kappa shape index (κ3) is 3.61. The minimum Gasteiger partial charge on any atom is -0.480 e. The molecule has 6 nitrogen and oxygen atoms in total. The van der Waals surface area contributed by atoms with E-state index in [4.69, 9.17) is 5.11 Å². The molecule has 0 unspecified atom stereocenters. The van der Waals surface area contributed by atoms with Gasteiger partial charge in [0, 0.05) is 6.42 Å². The van der Waals surface area contributed by atoms with E-state index < -0.39 is 5.97 Å². The van der Waals surface area contributed by atoms with E-state index in [1.807, 2.05) is 0 Å². The van der Waals surface area contributed by atoms with E-state index in [0.717, 1.165) is 11.2 Å². The third-order valence-corrected chi connectivity index (χ3v) is 2.89. The predicted octanol–water partition coefficient (Wildman–Crippen LogP) is 1.16. The number of carbonyl (C=O) groups is 1. The van der Waals surface area contributed by atoms with Crippen LogP contribution in [0.2, 0.25) is 0 Å². The quantitative estimate of drug-likeness (QED) is 0.872. The maximum Gasteiger partial charge on any atom is 0.327 e. The van der Waals surface area contributed by atoms with E-state index in [2.05, 4.69) is 47.5 Å². The molecule has 1 aromatic carbocycles. The molecule has 6 heteroatoms. The Bertz CT molecular complexity index is 592. The zero-order valence-electron chi connectivity index (χ0n) is 11.0. The first-order valence-corrected chi connectivity index (χ1v) is 6.09. The van der Waals surface area contributed by atoms with Crippen molar-refractivity contribution in [1.29, 1.82) is 0 Å². The molecule has 0 spiro atoms. The van der Waals surface area contributed by atoms with Gasteiger partial charge in [0.2, 0.25) is 0 Å². The highest BCUT2D eigenvalue weighted by Crippen LogP contribution is 2.12. The molecule has 2 aromatic rings. The minimum absolute atomic E-state index is 0.253. The van der Waals surface area contributed by atoms with Gasteiger partial charge in [-0.1, -0.05) is 23.8 Å². The van der Waals surface area contributed by atoms with Crippen LogP contribution in [-0.4, -0.2) is 31.3 Å². The van der Waals surface area contributed by atoms with Gasteiger partial charge in [-0.15, -0.1) is 10.2 Å². The summed E-state index contributed by atoms with van der Waals surface area (Å²) in [6.45, 7) is 3.88. The molecule has 0 radical (unpaired) electrons. The number of carboxylic acids is 1. The fourth-order valence-electron chi connectivity index (χ4n) is 1.88. The molecule has 1 N–H and O–H groups in total. The largest absolute Gasteiger partial charge is 0.480 e. The summed E-state index contributed by atoms with van der Waals surface area (Å²) >= 11 is 0. The van der Waals surface area contributed by atoms with Crippen molar-refractivity contribution >= 4 is 5.97 Å². The number of benzene rings is 1. The van der Waals surface area contributed by atoms with Crippen LogP contribution in [0.15, 0.2) is 18.2 Å². The van der Waals surface area contributed by atoms with Crippen LogP contribution < -0.4 is 0 Å². The molecule has 0 aliphatic carbocycles. The summed E-state index contributed by atoms with van der Waals surface area (Å²) in [5.41, 5.74) is 3.72. The van der Waals surface area contributed by atoms with Crippen molar-refractivity contribution in [2.45, 2.75) is 33.2 Å². The van der Waals surface area contributed by atoms with Crippen molar-refractivity contribution in [3.8, 4) is 0 Å². The first-order chi connectivity index (χ1) is 9.04. The Morgan fingerprint density at radius 3 is 2.84 bits per heavy atom. The van der Waals surface area contributed by atoms with Crippen molar-refractivity contribution in [2.24, 2.45) is 0 Å². The van der Waals surface area contributed by atoms with E-state index >= 15 is 0 Å². The molecule has 0 fully saturated rings. The van der Waals surface area contributed by atoms with Gasteiger partial charge >= 0.3 is 5.97 Å². The van der Waals surface area contributed by atoms with Gasteiger partial charge in [-0.05, 0) is 36.6 Å². The lowest BCUT2D eigenvalue weighted by Gasteiger charge is -2.05. The molecule has 0 saturated heterocycles. The molecule has 0 atom stereocenters. The van der Waals surface area contributed by atoms with Gasteiger partial charge in [0.05, 0.1) is 0 Å². The normalized spacial score (nSPS) is 10.6. The molecule has 2 rings (SSSR count). The highest BCUT2D eigenvalue weighted by molar-refractivity contribution is 5.66. The van der Waals surface area contributed by atoms with Gasteiger partial charge in [0.15, 0.2) is 12.4 Å². The van der Waals surface area contributed by atoms with E-state index in [9.17, 15) is 4.79 Å². The molecule has 0 bridgehead atoms. The molecule has 1 aromatic heterocycles. The number of aryl methyl sites for hydroxylation is 4. The fourth-order valence-corrected chi connectivity index (χ4v) is 1.88. The van der Waals surface area contributed by atoms with E-state index in [1.54, 1.807) is 0 Å². The van der Waals surface area contributed by atoms with E-state index in [-0.39, 0.29) is 6.54 Å². The zero-order chi connectivity index (χ0) is 13.8. The molecule has 0 saturated carbocycles. The number of rotatable bonds is 5. The van der Waals surface area contributed by atoms with E-state index in [0.29, 0.717) is 12.2 Å². The van der Waals surface area contributed by atoms with Crippen molar-refractivity contribution in [1.82, 2.24) is 20.2 Å². The molecular weight excluding hydrogens is 244 g/mol. The lowest BCUT2D eigenvalue weighted by Crippen LogP contribution is -2.11. The number of hydrogen-bond donors (Lipinski definition) is 1. The van der Waals surface area contributed by atoms with E-state index in [1.165, 1.54) is 16.7 Å². The monoisotopic (exact) mass is 260 g/mol. The van der Waals surface area contributed by atoms with Crippen LogP contribution in [0.1, 0.15) is 22.5 Å². The average Bonchev–Trinajstić information content (AvgIpc) is 2.77. The Balaban J connectivity index is 2.00. The Morgan fingerprint density at radius 1 is 1.32 bits per heavy atom. The van der Waals surface area contributed by atoms with Gasteiger partial charge in [0.1, 0.15) is 0 Å². The summed E-state index contributed by atoms with van der Waals surface area (Å²) in [6, 6.07) is 6.33. The number of carboxylic acid groups (broad SMARTS) is 1. The smallest absolute Gasteiger partial charge is 0.327 e. The first kappa shape index (κ1) is 13.2. The third-order valence-electron chi connectivity index (χ3n) is 2.89. The summed E-state index contributed by atoms with van der Waals surface area (Å²) in [5, 5.41) is 20.2.